The molecule has 0 aliphatic carbocycles. The topological polar surface area (TPSA) is 84.9 Å². The summed E-state index contributed by atoms with van der Waals surface area (Å²) in [6, 6.07) is 5.21. The standard InChI is InChI=1S/C15H17F2NO5/c16-14(17)23-11-3-1-10(2-4-11)13(21)18-15(9-12(19)20)5-7-22-8-6-15/h1-4,14H,5-9H2,(H,18,21)(H,19,20). The van der Waals surface area contributed by atoms with Crippen LogP contribution in [-0.2, 0) is 9.53 Å². The summed E-state index contributed by atoms with van der Waals surface area (Å²) in [7, 11) is 0. The monoisotopic (exact) mass is 329 g/mol. The molecule has 0 atom stereocenters. The van der Waals surface area contributed by atoms with E-state index in [1.54, 1.807) is 0 Å². The molecule has 2 N–H and O–H groups in total. The van der Waals surface area contributed by atoms with E-state index in [0.717, 1.165) is 0 Å². The van der Waals surface area contributed by atoms with Crippen LogP contribution in [0.15, 0.2) is 24.3 Å². The van der Waals surface area contributed by atoms with Crippen molar-refractivity contribution in [2.75, 3.05) is 13.2 Å². The largest absolute Gasteiger partial charge is 0.481 e. The summed E-state index contributed by atoms with van der Waals surface area (Å²) >= 11 is 0. The van der Waals surface area contributed by atoms with Crippen molar-refractivity contribution >= 4 is 11.9 Å². The van der Waals surface area contributed by atoms with E-state index in [2.05, 4.69) is 10.1 Å². The highest BCUT2D eigenvalue weighted by Crippen LogP contribution is 2.25. The SMILES string of the molecule is O=C(O)CC1(NC(=O)c2ccc(OC(F)F)cc2)CCOCC1. The van der Waals surface area contributed by atoms with Crippen molar-refractivity contribution in [2.45, 2.75) is 31.4 Å². The predicted molar refractivity (Wildman–Crippen MR) is 75.6 cm³/mol. The van der Waals surface area contributed by atoms with Crippen LogP contribution in [0.5, 0.6) is 5.75 Å². The molecule has 1 aliphatic heterocycles. The van der Waals surface area contributed by atoms with Crippen LogP contribution in [-0.4, -0.2) is 42.3 Å². The van der Waals surface area contributed by atoms with E-state index >= 15 is 0 Å². The van der Waals surface area contributed by atoms with E-state index < -0.39 is 24.0 Å². The van der Waals surface area contributed by atoms with E-state index in [4.69, 9.17) is 9.84 Å². The van der Waals surface area contributed by atoms with Crippen LogP contribution in [0, 0.1) is 0 Å². The molecule has 23 heavy (non-hydrogen) atoms. The molecule has 1 aromatic rings. The first-order chi connectivity index (χ1) is 10.9. The lowest BCUT2D eigenvalue weighted by Gasteiger charge is -2.36. The van der Waals surface area contributed by atoms with Gasteiger partial charge in [-0.2, -0.15) is 8.78 Å². The second kappa shape index (κ2) is 7.36. The van der Waals surface area contributed by atoms with Gasteiger partial charge < -0.3 is 19.9 Å². The predicted octanol–water partition coefficient (Wildman–Crippen LogP) is 2.04. The second-order valence-corrected chi connectivity index (χ2v) is 5.32. The third kappa shape index (κ3) is 4.88. The van der Waals surface area contributed by atoms with Crippen molar-refractivity contribution < 1.29 is 33.0 Å². The first-order valence-corrected chi connectivity index (χ1v) is 7.07. The highest BCUT2D eigenvalue weighted by atomic mass is 19.3. The van der Waals surface area contributed by atoms with Gasteiger partial charge in [-0.05, 0) is 37.1 Å². The average molecular weight is 329 g/mol. The van der Waals surface area contributed by atoms with Crippen molar-refractivity contribution in [3.8, 4) is 5.75 Å². The third-order valence-corrected chi connectivity index (χ3v) is 3.66. The van der Waals surface area contributed by atoms with Crippen LogP contribution in [0.3, 0.4) is 0 Å². The van der Waals surface area contributed by atoms with Gasteiger partial charge in [-0.3, -0.25) is 9.59 Å². The van der Waals surface area contributed by atoms with Gasteiger partial charge in [0.05, 0.1) is 12.0 Å². The van der Waals surface area contributed by atoms with Gasteiger partial charge in [0, 0.05) is 18.8 Å². The molecule has 0 spiro atoms. The van der Waals surface area contributed by atoms with Crippen LogP contribution in [0.2, 0.25) is 0 Å². The molecule has 1 aromatic carbocycles. The molecular weight excluding hydrogens is 312 g/mol. The Morgan fingerprint density at radius 3 is 2.39 bits per heavy atom. The number of carbonyl (C=O) groups excluding carboxylic acids is 1. The van der Waals surface area contributed by atoms with Crippen LogP contribution in [0.4, 0.5) is 8.78 Å². The molecule has 0 saturated carbocycles. The summed E-state index contributed by atoms with van der Waals surface area (Å²) in [4.78, 5) is 23.4. The van der Waals surface area contributed by atoms with Gasteiger partial charge in [0.2, 0.25) is 0 Å². The number of rotatable bonds is 6. The number of carbonyl (C=O) groups is 2. The molecule has 0 radical (unpaired) electrons. The number of hydrogen-bond acceptors (Lipinski definition) is 4. The Morgan fingerprint density at radius 1 is 1.26 bits per heavy atom. The second-order valence-electron chi connectivity index (χ2n) is 5.32. The van der Waals surface area contributed by atoms with E-state index in [9.17, 15) is 18.4 Å². The smallest absolute Gasteiger partial charge is 0.387 e. The molecule has 0 aromatic heterocycles. The van der Waals surface area contributed by atoms with Crippen LogP contribution in [0.25, 0.3) is 0 Å². The lowest BCUT2D eigenvalue weighted by molar-refractivity contribution is -0.139. The van der Waals surface area contributed by atoms with Gasteiger partial charge in [-0.25, -0.2) is 0 Å². The molecule has 1 fully saturated rings. The number of aliphatic carboxylic acids is 1. The molecule has 0 bridgehead atoms. The van der Waals surface area contributed by atoms with E-state index in [0.29, 0.717) is 26.1 Å². The van der Waals surface area contributed by atoms with Gasteiger partial charge in [0.1, 0.15) is 5.75 Å². The van der Waals surface area contributed by atoms with Gasteiger partial charge in [-0.1, -0.05) is 0 Å². The fourth-order valence-corrected chi connectivity index (χ4v) is 2.50. The minimum atomic E-state index is -2.93. The maximum Gasteiger partial charge on any atom is 0.387 e. The van der Waals surface area contributed by atoms with Crippen LogP contribution >= 0.6 is 0 Å². The van der Waals surface area contributed by atoms with Crippen molar-refractivity contribution in [3.05, 3.63) is 29.8 Å². The molecule has 1 aliphatic rings. The molecule has 1 heterocycles. The Labute approximate surface area is 131 Å². The summed E-state index contributed by atoms with van der Waals surface area (Å²) in [6.45, 7) is -2.19. The van der Waals surface area contributed by atoms with Crippen molar-refractivity contribution in [3.63, 3.8) is 0 Å². The number of halogens is 2. The van der Waals surface area contributed by atoms with Gasteiger partial charge >= 0.3 is 12.6 Å². The number of hydrogen-bond donors (Lipinski definition) is 2. The number of benzene rings is 1. The van der Waals surface area contributed by atoms with E-state index in [-0.39, 0.29) is 17.7 Å². The number of amides is 1. The highest BCUT2D eigenvalue weighted by molar-refractivity contribution is 5.95. The third-order valence-electron chi connectivity index (χ3n) is 3.66. The molecule has 0 unspecified atom stereocenters. The molecule has 126 valence electrons. The normalized spacial score (nSPS) is 16.8. The number of carboxylic acids is 1. The maximum absolute atomic E-state index is 12.3. The zero-order chi connectivity index (χ0) is 16.9. The van der Waals surface area contributed by atoms with Gasteiger partial charge in [-0.15, -0.1) is 0 Å². The number of ether oxygens (including phenoxy) is 2. The summed E-state index contributed by atoms with van der Waals surface area (Å²) in [5.74, 6) is -1.52. The number of nitrogens with one attached hydrogen (secondary N) is 1. The molecule has 6 nitrogen and oxygen atoms in total. The summed E-state index contributed by atoms with van der Waals surface area (Å²) in [5.41, 5.74) is -0.623. The Kier molecular flexibility index (Phi) is 5.49. The maximum atomic E-state index is 12.3. The Bertz CT molecular complexity index is 555. The molecule has 2 rings (SSSR count). The zero-order valence-electron chi connectivity index (χ0n) is 12.3. The van der Waals surface area contributed by atoms with Crippen LogP contribution in [0.1, 0.15) is 29.6 Å². The summed E-state index contributed by atoms with van der Waals surface area (Å²) < 4.78 is 33.6. The van der Waals surface area contributed by atoms with Crippen LogP contribution < -0.4 is 10.1 Å². The Hall–Kier alpha value is -2.22. The summed E-state index contributed by atoms with van der Waals surface area (Å²) in [5, 5.41) is 11.8. The van der Waals surface area contributed by atoms with E-state index in [1.807, 2.05) is 0 Å². The van der Waals surface area contributed by atoms with E-state index in [1.165, 1.54) is 24.3 Å². The first-order valence-electron chi connectivity index (χ1n) is 7.07. The van der Waals surface area contributed by atoms with Crippen molar-refractivity contribution in [1.29, 1.82) is 0 Å². The fraction of sp³-hybridized carbons (Fsp3) is 0.467. The lowest BCUT2D eigenvalue weighted by Crippen LogP contribution is -2.53. The minimum absolute atomic E-state index is 0.0529. The quantitative estimate of drug-likeness (QED) is 0.834. The van der Waals surface area contributed by atoms with Crippen molar-refractivity contribution in [1.82, 2.24) is 5.32 Å². The van der Waals surface area contributed by atoms with Crippen molar-refractivity contribution in [2.24, 2.45) is 0 Å². The molecule has 1 saturated heterocycles. The molecule has 1 amide bonds. The number of carboxylic acid groups (broad SMARTS) is 1. The Morgan fingerprint density at radius 2 is 1.87 bits per heavy atom. The number of alkyl halides is 2. The summed E-state index contributed by atoms with van der Waals surface area (Å²) in [6.07, 6.45) is 0.601. The zero-order valence-corrected chi connectivity index (χ0v) is 12.3. The molecular formula is C15H17F2NO5. The fourth-order valence-electron chi connectivity index (χ4n) is 2.50. The van der Waals surface area contributed by atoms with Gasteiger partial charge in [0.25, 0.3) is 5.91 Å². The lowest BCUT2D eigenvalue weighted by atomic mass is 9.86. The first kappa shape index (κ1) is 17.1. The minimum Gasteiger partial charge on any atom is -0.481 e. The molecule has 8 heteroatoms. The Balaban J connectivity index is 2.07. The van der Waals surface area contributed by atoms with Gasteiger partial charge in [0.15, 0.2) is 0 Å². The average Bonchev–Trinajstić information content (AvgIpc) is 2.47. The highest BCUT2D eigenvalue weighted by Gasteiger charge is 2.36.